The third-order valence-corrected chi connectivity index (χ3v) is 6.60. The van der Waals surface area contributed by atoms with E-state index in [0.717, 1.165) is 22.7 Å². The van der Waals surface area contributed by atoms with Crippen LogP contribution in [0.15, 0.2) is 87.8 Å². The van der Waals surface area contributed by atoms with Crippen molar-refractivity contribution in [2.24, 2.45) is 0 Å². The van der Waals surface area contributed by atoms with E-state index in [1.165, 1.54) is 0 Å². The van der Waals surface area contributed by atoms with Gasteiger partial charge in [-0.2, -0.15) is 0 Å². The molecule has 178 valence electrons. The maximum absolute atomic E-state index is 13.7. The van der Waals surface area contributed by atoms with Crippen molar-refractivity contribution in [1.82, 2.24) is 10.3 Å². The number of hydrogen-bond acceptors (Lipinski definition) is 6. The highest BCUT2D eigenvalue weighted by Crippen LogP contribution is 2.47. The molecule has 3 heterocycles. The summed E-state index contributed by atoms with van der Waals surface area (Å²) in [6.45, 7) is 3.74. The molecule has 1 aliphatic carbocycles. The number of amides is 1. The van der Waals surface area contributed by atoms with Gasteiger partial charge < -0.3 is 19.8 Å². The molecule has 0 unspecified atom stereocenters. The fourth-order valence-electron chi connectivity index (χ4n) is 5.08. The molecule has 7 nitrogen and oxygen atoms in total. The SMILES string of the molecule is COc1ccccc1[C@@H]1C(C(=O)Nc2cccc(C)n2)=C(C)NC2=C1C(=O)C[C@H](c1ccco1)C2. The van der Waals surface area contributed by atoms with Gasteiger partial charge in [0.2, 0.25) is 0 Å². The molecule has 1 amide bonds. The van der Waals surface area contributed by atoms with Crippen LogP contribution in [-0.2, 0) is 9.59 Å². The number of nitrogens with one attached hydrogen (secondary N) is 2. The third kappa shape index (κ3) is 4.25. The van der Waals surface area contributed by atoms with Crippen molar-refractivity contribution in [2.45, 2.75) is 38.5 Å². The van der Waals surface area contributed by atoms with Crippen molar-refractivity contribution in [3.8, 4) is 5.75 Å². The molecular weight excluding hydrogens is 442 g/mol. The molecule has 0 fully saturated rings. The summed E-state index contributed by atoms with van der Waals surface area (Å²) in [6.07, 6.45) is 2.56. The van der Waals surface area contributed by atoms with Crippen molar-refractivity contribution in [2.75, 3.05) is 12.4 Å². The fraction of sp³-hybridized carbons (Fsp3) is 0.250. The summed E-state index contributed by atoms with van der Waals surface area (Å²) in [6, 6.07) is 16.7. The van der Waals surface area contributed by atoms with Crippen LogP contribution in [0.5, 0.6) is 5.75 Å². The Kier molecular flexibility index (Phi) is 5.99. The van der Waals surface area contributed by atoms with Gasteiger partial charge in [0.25, 0.3) is 5.91 Å². The topological polar surface area (TPSA) is 93.5 Å². The summed E-state index contributed by atoms with van der Waals surface area (Å²) < 4.78 is 11.3. The van der Waals surface area contributed by atoms with E-state index >= 15 is 0 Å². The zero-order valence-electron chi connectivity index (χ0n) is 19.9. The zero-order chi connectivity index (χ0) is 24.5. The van der Waals surface area contributed by atoms with Crippen molar-refractivity contribution >= 4 is 17.5 Å². The van der Waals surface area contributed by atoms with E-state index in [2.05, 4.69) is 15.6 Å². The van der Waals surface area contributed by atoms with Gasteiger partial charge in [-0.3, -0.25) is 9.59 Å². The van der Waals surface area contributed by atoms with Crippen LogP contribution >= 0.6 is 0 Å². The lowest BCUT2D eigenvalue weighted by atomic mass is 9.72. The Bertz CT molecular complexity index is 1350. The largest absolute Gasteiger partial charge is 0.496 e. The molecule has 2 aromatic heterocycles. The molecule has 1 aromatic carbocycles. The van der Waals surface area contributed by atoms with Crippen LogP contribution in [0.2, 0.25) is 0 Å². The number of anilines is 1. The average molecular weight is 470 g/mol. The number of ketones is 1. The molecule has 7 heteroatoms. The Labute approximate surface area is 203 Å². The second-order valence-corrected chi connectivity index (χ2v) is 8.89. The lowest BCUT2D eigenvalue weighted by Gasteiger charge is -2.36. The minimum absolute atomic E-state index is 0.0115. The van der Waals surface area contributed by atoms with Gasteiger partial charge in [-0.05, 0) is 50.6 Å². The highest BCUT2D eigenvalue weighted by atomic mass is 16.5. The summed E-state index contributed by atoms with van der Waals surface area (Å²) in [5.74, 6) is 0.926. The first-order valence-electron chi connectivity index (χ1n) is 11.6. The number of allylic oxidation sites excluding steroid dienone is 3. The van der Waals surface area contributed by atoms with Gasteiger partial charge in [-0.25, -0.2) is 4.98 Å². The Morgan fingerprint density at radius 2 is 1.91 bits per heavy atom. The smallest absolute Gasteiger partial charge is 0.255 e. The van der Waals surface area contributed by atoms with Crippen LogP contribution < -0.4 is 15.4 Å². The summed E-state index contributed by atoms with van der Waals surface area (Å²) >= 11 is 0. The van der Waals surface area contributed by atoms with E-state index in [4.69, 9.17) is 9.15 Å². The Morgan fingerprint density at radius 1 is 1.09 bits per heavy atom. The van der Waals surface area contributed by atoms with Gasteiger partial charge in [-0.15, -0.1) is 0 Å². The number of ether oxygens (including phenoxy) is 1. The van der Waals surface area contributed by atoms with E-state index < -0.39 is 5.92 Å². The number of furan rings is 1. The molecule has 1 aliphatic heterocycles. The predicted molar refractivity (Wildman–Crippen MR) is 132 cm³/mol. The number of Topliss-reactive ketones (excluding diaryl/α,β-unsaturated/α-hetero) is 1. The molecule has 0 radical (unpaired) electrons. The monoisotopic (exact) mass is 469 g/mol. The normalized spacial score (nSPS) is 19.8. The number of carbonyl (C=O) groups excluding carboxylic acids is 2. The van der Waals surface area contributed by atoms with E-state index in [0.29, 0.717) is 41.3 Å². The van der Waals surface area contributed by atoms with Crippen LogP contribution in [0.4, 0.5) is 5.82 Å². The third-order valence-electron chi connectivity index (χ3n) is 6.60. The first-order chi connectivity index (χ1) is 17.0. The molecule has 2 aliphatic rings. The van der Waals surface area contributed by atoms with Gasteiger partial charge >= 0.3 is 0 Å². The Hall–Kier alpha value is -4.13. The van der Waals surface area contributed by atoms with Crippen LogP contribution in [-0.4, -0.2) is 23.8 Å². The number of benzene rings is 1. The number of para-hydroxylation sites is 1. The number of methoxy groups -OCH3 is 1. The average Bonchev–Trinajstić information content (AvgIpc) is 3.38. The lowest BCUT2D eigenvalue weighted by Crippen LogP contribution is -2.37. The number of nitrogens with zero attached hydrogens (tertiary/aromatic N) is 1. The number of dihydropyridines is 1. The zero-order valence-corrected chi connectivity index (χ0v) is 19.9. The van der Waals surface area contributed by atoms with E-state index in [9.17, 15) is 9.59 Å². The molecule has 3 aromatic rings. The number of rotatable bonds is 5. The molecule has 2 atom stereocenters. The molecule has 0 bridgehead atoms. The van der Waals surface area contributed by atoms with Crippen LogP contribution in [0.3, 0.4) is 0 Å². The predicted octanol–water partition coefficient (Wildman–Crippen LogP) is 4.99. The van der Waals surface area contributed by atoms with E-state index in [1.54, 1.807) is 19.4 Å². The summed E-state index contributed by atoms with van der Waals surface area (Å²) in [4.78, 5) is 31.7. The molecule has 5 rings (SSSR count). The van der Waals surface area contributed by atoms with Gasteiger partial charge in [0.05, 0.1) is 19.3 Å². The fourth-order valence-corrected chi connectivity index (χ4v) is 5.08. The van der Waals surface area contributed by atoms with E-state index in [-0.39, 0.29) is 17.6 Å². The summed E-state index contributed by atoms with van der Waals surface area (Å²) in [5, 5.41) is 6.30. The second-order valence-electron chi connectivity index (χ2n) is 8.89. The molecule has 35 heavy (non-hydrogen) atoms. The number of carbonyl (C=O) groups is 2. The van der Waals surface area contributed by atoms with Gasteiger partial charge in [-0.1, -0.05) is 24.3 Å². The second kappa shape index (κ2) is 9.25. The Balaban J connectivity index is 1.60. The highest BCUT2D eigenvalue weighted by Gasteiger charge is 2.42. The van der Waals surface area contributed by atoms with Gasteiger partial charge in [0.1, 0.15) is 17.3 Å². The number of pyridine rings is 1. The van der Waals surface area contributed by atoms with Gasteiger partial charge in [0.15, 0.2) is 5.78 Å². The minimum Gasteiger partial charge on any atom is -0.496 e. The highest BCUT2D eigenvalue weighted by molar-refractivity contribution is 6.09. The van der Waals surface area contributed by atoms with Gasteiger partial charge in [0, 0.05) is 46.1 Å². The first-order valence-corrected chi connectivity index (χ1v) is 11.6. The molecule has 0 spiro atoms. The van der Waals surface area contributed by atoms with Crippen LogP contribution in [0.1, 0.15) is 48.6 Å². The lowest BCUT2D eigenvalue weighted by molar-refractivity contribution is -0.116. The van der Waals surface area contributed by atoms with E-state index in [1.807, 2.05) is 62.4 Å². The quantitative estimate of drug-likeness (QED) is 0.547. The van der Waals surface area contributed by atoms with Crippen LogP contribution in [0, 0.1) is 6.92 Å². The van der Waals surface area contributed by atoms with Crippen LogP contribution in [0.25, 0.3) is 0 Å². The van der Waals surface area contributed by atoms with Crippen molar-refractivity contribution in [1.29, 1.82) is 0 Å². The Morgan fingerprint density at radius 3 is 2.66 bits per heavy atom. The number of aryl methyl sites for hydroxylation is 1. The van der Waals surface area contributed by atoms with Crippen molar-refractivity contribution < 1.29 is 18.7 Å². The van der Waals surface area contributed by atoms with Crippen molar-refractivity contribution in [3.05, 3.63) is 100 Å². The minimum atomic E-state index is -0.572. The summed E-state index contributed by atoms with van der Waals surface area (Å²) in [5.41, 5.74) is 4.16. The molecular formula is C28H27N3O4. The molecule has 2 N–H and O–H groups in total. The first kappa shape index (κ1) is 22.7. The number of aromatic nitrogens is 1. The summed E-state index contributed by atoms with van der Waals surface area (Å²) in [7, 11) is 1.60. The molecule has 0 saturated heterocycles. The maximum Gasteiger partial charge on any atom is 0.255 e. The number of hydrogen-bond donors (Lipinski definition) is 2. The molecule has 0 saturated carbocycles. The van der Waals surface area contributed by atoms with Crippen molar-refractivity contribution in [3.63, 3.8) is 0 Å². The standard InChI is InChI=1S/C28H27N3O4/c1-16-8-6-12-24(29-16)31-28(33)25-17(2)30-20-14-18(22-11-7-13-35-22)15-21(32)27(20)26(25)19-9-4-5-10-23(19)34-3/h4-13,18,26,30H,14-15H2,1-3H3,(H,29,31,33)/t18-,26-/m1/s1. The maximum atomic E-state index is 13.7.